The lowest BCUT2D eigenvalue weighted by atomic mass is 9.72. The van der Waals surface area contributed by atoms with E-state index in [0.717, 1.165) is 18.1 Å². The standard InChI is InChI=1S/C17H25NO/c1-3-13-5-4-8-17(10-13)11-15(18)14-9-12(2)6-7-16(14)19-17/h6-7,9,13,15H,3-5,8,10-11,18H2,1-2H3/t13?,15-,17?/m0/s1. The summed E-state index contributed by atoms with van der Waals surface area (Å²) in [6.45, 7) is 4.41. The molecular weight excluding hydrogens is 234 g/mol. The van der Waals surface area contributed by atoms with Gasteiger partial charge >= 0.3 is 0 Å². The molecule has 1 aromatic carbocycles. The summed E-state index contributed by atoms with van der Waals surface area (Å²) in [7, 11) is 0. The lowest BCUT2D eigenvalue weighted by Crippen LogP contribution is -2.46. The van der Waals surface area contributed by atoms with Gasteiger partial charge in [-0.25, -0.2) is 0 Å². The molecule has 0 bridgehead atoms. The van der Waals surface area contributed by atoms with Crippen LogP contribution in [0.4, 0.5) is 0 Å². The summed E-state index contributed by atoms with van der Waals surface area (Å²) in [4.78, 5) is 0. The molecule has 1 saturated carbocycles. The zero-order chi connectivity index (χ0) is 13.5. The fraction of sp³-hybridized carbons (Fsp3) is 0.647. The van der Waals surface area contributed by atoms with E-state index in [1.165, 1.54) is 43.2 Å². The molecule has 2 N–H and O–H groups in total. The summed E-state index contributed by atoms with van der Waals surface area (Å²) in [6.07, 6.45) is 7.25. The highest BCUT2D eigenvalue weighted by atomic mass is 16.5. The Kier molecular flexibility index (Phi) is 3.30. The van der Waals surface area contributed by atoms with Gasteiger partial charge in [-0.2, -0.15) is 0 Å². The van der Waals surface area contributed by atoms with Crippen molar-refractivity contribution in [1.82, 2.24) is 0 Å². The molecule has 1 fully saturated rings. The van der Waals surface area contributed by atoms with Crippen molar-refractivity contribution in [2.45, 2.75) is 64.0 Å². The molecule has 2 nitrogen and oxygen atoms in total. The molecule has 1 heterocycles. The minimum Gasteiger partial charge on any atom is -0.487 e. The van der Waals surface area contributed by atoms with Gasteiger partial charge in [0.1, 0.15) is 11.4 Å². The van der Waals surface area contributed by atoms with Gasteiger partial charge in [0, 0.05) is 18.0 Å². The number of rotatable bonds is 1. The van der Waals surface area contributed by atoms with E-state index in [9.17, 15) is 0 Å². The van der Waals surface area contributed by atoms with E-state index in [4.69, 9.17) is 10.5 Å². The van der Waals surface area contributed by atoms with Gasteiger partial charge in [0.15, 0.2) is 0 Å². The minimum absolute atomic E-state index is 0.0145. The first kappa shape index (κ1) is 13.0. The second-order valence-electron chi connectivity index (χ2n) is 6.51. The quantitative estimate of drug-likeness (QED) is 0.823. The van der Waals surface area contributed by atoms with Crippen LogP contribution in [0.1, 0.15) is 62.6 Å². The molecule has 2 aliphatic rings. The highest BCUT2D eigenvalue weighted by Gasteiger charge is 2.43. The molecule has 0 amide bonds. The van der Waals surface area contributed by atoms with Crippen molar-refractivity contribution in [3.8, 4) is 5.75 Å². The number of benzene rings is 1. The van der Waals surface area contributed by atoms with E-state index in [-0.39, 0.29) is 11.6 Å². The monoisotopic (exact) mass is 259 g/mol. The molecule has 2 unspecified atom stereocenters. The zero-order valence-electron chi connectivity index (χ0n) is 12.1. The van der Waals surface area contributed by atoms with Crippen LogP contribution in [-0.2, 0) is 0 Å². The topological polar surface area (TPSA) is 35.2 Å². The third kappa shape index (κ3) is 2.38. The van der Waals surface area contributed by atoms with Gasteiger partial charge in [0.05, 0.1) is 0 Å². The van der Waals surface area contributed by atoms with Crippen molar-refractivity contribution in [2.75, 3.05) is 0 Å². The lowest BCUT2D eigenvalue weighted by Gasteiger charge is -2.46. The van der Waals surface area contributed by atoms with Gasteiger partial charge in [-0.05, 0) is 38.2 Å². The maximum absolute atomic E-state index is 6.44. The predicted octanol–water partition coefficient (Wildman–Crippen LogP) is 4.12. The van der Waals surface area contributed by atoms with Crippen LogP contribution in [0.15, 0.2) is 18.2 Å². The second-order valence-corrected chi connectivity index (χ2v) is 6.51. The molecule has 1 aliphatic carbocycles. The van der Waals surface area contributed by atoms with Crippen molar-refractivity contribution < 1.29 is 4.74 Å². The second kappa shape index (κ2) is 4.82. The minimum atomic E-state index is 0.0145. The molecule has 0 saturated heterocycles. The third-order valence-corrected chi connectivity index (χ3v) is 4.97. The largest absolute Gasteiger partial charge is 0.487 e. The fourth-order valence-corrected chi connectivity index (χ4v) is 3.91. The van der Waals surface area contributed by atoms with Crippen LogP contribution in [0.2, 0.25) is 0 Å². The van der Waals surface area contributed by atoms with Gasteiger partial charge in [-0.1, -0.05) is 37.5 Å². The molecule has 1 aromatic rings. The first-order chi connectivity index (χ1) is 9.12. The van der Waals surface area contributed by atoms with Crippen LogP contribution in [0.3, 0.4) is 0 Å². The van der Waals surface area contributed by atoms with Crippen LogP contribution < -0.4 is 10.5 Å². The Labute approximate surface area is 116 Å². The third-order valence-electron chi connectivity index (χ3n) is 4.97. The van der Waals surface area contributed by atoms with Crippen molar-refractivity contribution in [3.63, 3.8) is 0 Å². The lowest BCUT2D eigenvalue weighted by molar-refractivity contribution is -0.0175. The highest BCUT2D eigenvalue weighted by Crippen LogP contribution is 2.47. The molecule has 1 aliphatic heterocycles. The van der Waals surface area contributed by atoms with Gasteiger partial charge in [0.2, 0.25) is 0 Å². The highest BCUT2D eigenvalue weighted by molar-refractivity contribution is 5.41. The maximum atomic E-state index is 6.44. The van der Waals surface area contributed by atoms with Crippen LogP contribution in [-0.4, -0.2) is 5.60 Å². The Hall–Kier alpha value is -1.02. The first-order valence-corrected chi connectivity index (χ1v) is 7.67. The van der Waals surface area contributed by atoms with Crippen molar-refractivity contribution >= 4 is 0 Å². The van der Waals surface area contributed by atoms with Crippen molar-refractivity contribution in [1.29, 1.82) is 0 Å². The van der Waals surface area contributed by atoms with E-state index < -0.39 is 0 Å². The Bertz CT molecular complexity index is 470. The maximum Gasteiger partial charge on any atom is 0.124 e. The molecule has 104 valence electrons. The van der Waals surface area contributed by atoms with Gasteiger partial charge < -0.3 is 10.5 Å². The number of fused-ring (bicyclic) bond motifs is 1. The Morgan fingerprint density at radius 1 is 1.37 bits per heavy atom. The number of aryl methyl sites for hydroxylation is 1. The molecule has 2 heteroatoms. The van der Waals surface area contributed by atoms with Gasteiger partial charge in [0.25, 0.3) is 0 Å². The molecule has 1 spiro atoms. The van der Waals surface area contributed by atoms with Crippen LogP contribution in [0.5, 0.6) is 5.75 Å². The molecular formula is C17H25NO. The summed E-state index contributed by atoms with van der Waals surface area (Å²) in [6, 6.07) is 6.57. The zero-order valence-corrected chi connectivity index (χ0v) is 12.1. The van der Waals surface area contributed by atoms with Gasteiger partial charge in [-0.15, -0.1) is 0 Å². The Balaban J connectivity index is 1.89. The van der Waals surface area contributed by atoms with Crippen LogP contribution in [0, 0.1) is 12.8 Å². The number of nitrogens with two attached hydrogens (primary N) is 1. The van der Waals surface area contributed by atoms with E-state index in [1.807, 2.05) is 0 Å². The fourth-order valence-electron chi connectivity index (χ4n) is 3.91. The normalized spacial score (nSPS) is 33.8. The van der Waals surface area contributed by atoms with Crippen LogP contribution >= 0.6 is 0 Å². The summed E-state index contributed by atoms with van der Waals surface area (Å²) >= 11 is 0. The van der Waals surface area contributed by atoms with Gasteiger partial charge in [-0.3, -0.25) is 0 Å². The molecule has 0 radical (unpaired) electrons. The summed E-state index contributed by atoms with van der Waals surface area (Å²) in [5.74, 6) is 1.84. The van der Waals surface area contributed by atoms with Crippen molar-refractivity contribution in [2.24, 2.45) is 11.7 Å². The number of ether oxygens (including phenoxy) is 1. The number of hydrogen-bond donors (Lipinski definition) is 1. The SMILES string of the molecule is CCC1CCCC2(C1)C[C@H](N)c1cc(C)ccc1O2. The van der Waals surface area contributed by atoms with E-state index in [0.29, 0.717) is 0 Å². The van der Waals surface area contributed by atoms with Crippen LogP contribution in [0.25, 0.3) is 0 Å². The molecule has 3 atom stereocenters. The van der Waals surface area contributed by atoms with E-state index in [1.54, 1.807) is 0 Å². The molecule has 19 heavy (non-hydrogen) atoms. The van der Waals surface area contributed by atoms with E-state index >= 15 is 0 Å². The Morgan fingerprint density at radius 2 is 2.21 bits per heavy atom. The number of hydrogen-bond acceptors (Lipinski definition) is 2. The summed E-state index contributed by atoms with van der Waals surface area (Å²) in [5, 5.41) is 0. The average molecular weight is 259 g/mol. The van der Waals surface area contributed by atoms with Crippen molar-refractivity contribution in [3.05, 3.63) is 29.3 Å². The van der Waals surface area contributed by atoms with E-state index in [2.05, 4.69) is 32.0 Å². The average Bonchev–Trinajstić information content (AvgIpc) is 2.40. The molecule has 3 rings (SSSR count). The molecule has 0 aromatic heterocycles. The smallest absolute Gasteiger partial charge is 0.124 e. The summed E-state index contributed by atoms with van der Waals surface area (Å²) in [5.41, 5.74) is 8.91. The summed E-state index contributed by atoms with van der Waals surface area (Å²) < 4.78 is 6.44. The predicted molar refractivity (Wildman–Crippen MR) is 78.3 cm³/mol. The Morgan fingerprint density at radius 3 is 3.00 bits per heavy atom. The first-order valence-electron chi connectivity index (χ1n) is 7.67.